The fourth-order valence-electron chi connectivity index (χ4n) is 1.45. The molecule has 0 spiro atoms. The zero-order valence-electron chi connectivity index (χ0n) is 12.4. The smallest absolute Gasteiger partial charge is 0.418 e. The van der Waals surface area contributed by atoms with Crippen molar-refractivity contribution in [3.8, 4) is 5.75 Å². The van der Waals surface area contributed by atoms with Crippen LogP contribution in [0.2, 0.25) is 0 Å². The first-order valence-electron chi connectivity index (χ1n) is 6.33. The first-order chi connectivity index (χ1) is 9.37. The Morgan fingerprint density at radius 3 is 2.30 bits per heavy atom. The summed E-state index contributed by atoms with van der Waals surface area (Å²) in [4.78, 5) is 13.6. The average molecular weight is 275 g/mol. The Morgan fingerprint density at radius 1 is 1.25 bits per heavy atom. The molecule has 0 aliphatic rings. The van der Waals surface area contributed by atoms with Crippen molar-refractivity contribution in [2.45, 2.75) is 26.4 Å². The highest BCUT2D eigenvalue weighted by Crippen LogP contribution is 2.22. The van der Waals surface area contributed by atoms with Crippen LogP contribution in [0.15, 0.2) is 49.2 Å². The van der Waals surface area contributed by atoms with E-state index in [9.17, 15) is 4.79 Å². The molecule has 0 heterocycles. The number of methoxy groups -OCH3 is 1. The minimum atomic E-state index is -0.552. The van der Waals surface area contributed by atoms with E-state index in [0.717, 1.165) is 5.75 Å². The number of benzene rings is 1. The molecule has 1 rings (SSSR count). The van der Waals surface area contributed by atoms with Gasteiger partial charge in [-0.05, 0) is 51.1 Å². The van der Waals surface area contributed by atoms with E-state index >= 15 is 0 Å². The van der Waals surface area contributed by atoms with E-state index in [-0.39, 0.29) is 0 Å². The molecule has 0 atom stereocenters. The van der Waals surface area contributed by atoms with Gasteiger partial charge in [0.2, 0.25) is 0 Å². The van der Waals surface area contributed by atoms with E-state index < -0.39 is 11.7 Å². The number of hydrogen-bond donors (Lipinski definition) is 0. The van der Waals surface area contributed by atoms with Gasteiger partial charge in [0.05, 0.1) is 12.8 Å². The topological polar surface area (TPSA) is 38.8 Å². The second-order valence-electron chi connectivity index (χ2n) is 5.13. The van der Waals surface area contributed by atoms with E-state index in [1.54, 1.807) is 49.7 Å². The lowest BCUT2D eigenvalue weighted by atomic mass is 10.2. The van der Waals surface area contributed by atoms with Crippen molar-refractivity contribution in [3.05, 3.63) is 49.2 Å². The van der Waals surface area contributed by atoms with Crippen LogP contribution >= 0.6 is 0 Å². The van der Waals surface area contributed by atoms with E-state index in [2.05, 4.69) is 6.58 Å². The number of allylic oxidation sites excluding steroid dienone is 2. The molecule has 0 fully saturated rings. The highest BCUT2D eigenvalue weighted by molar-refractivity contribution is 5.90. The quantitative estimate of drug-likeness (QED) is 0.775. The van der Waals surface area contributed by atoms with Crippen LogP contribution in [0.4, 0.5) is 10.5 Å². The lowest BCUT2D eigenvalue weighted by Crippen LogP contribution is -2.33. The number of carbonyl (C=O) groups is 1. The van der Waals surface area contributed by atoms with Crippen molar-refractivity contribution < 1.29 is 14.3 Å². The molecule has 0 saturated heterocycles. The lowest BCUT2D eigenvalue weighted by molar-refractivity contribution is 0.0596. The predicted octanol–water partition coefficient (Wildman–Crippen LogP) is 4.14. The zero-order chi connectivity index (χ0) is 15.2. The monoisotopic (exact) mass is 275 g/mol. The molecule has 0 aliphatic carbocycles. The summed E-state index contributed by atoms with van der Waals surface area (Å²) in [5, 5.41) is 0. The van der Waals surface area contributed by atoms with Crippen LogP contribution in [0.5, 0.6) is 5.75 Å². The second kappa shape index (κ2) is 6.80. The Morgan fingerprint density at radius 2 is 1.85 bits per heavy atom. The molecule has 0 bridgehead atoms. The van der Waals surface area contributed by atoms with Gasteiger partial charge < -0.3 is 9.47 Å². The fourth-order valence-corrected chi connectivity index (χ4v) is 1.45. The fraction of sp³-hybridized carbons (Fsp3) is 0.312. The third-order valence-electron chi connectivity index (χ3n) is 2.31. The number of anilines is 1. The van der Waals surface area contributed by atoms with Gasteiger partial charge in [-0.1, -0.05) is 12.7 Å². The Hall–Kier alpha value is -2.23. The largest absolute Gasteiger partial charge is 0.497 e. The first-order valence-corrected chi connectivity index (χ1v) is 6.33. The molecule has 0 radical (unpaired) electrons. The molecule has 1 aromatic carbocycles. The minimum absolute atomic E-state index is 0.444. The maximum absolute atomic E-state index is 12.2. The summed E-state index contributed by atoms with van der Waals surface area (Å²) in [6, 6.07) is 7.15. The van der Waals surface area contributed by atoms with Crippen LogP contribution in [0, 0.1) is 0 Å². The van der Waals surface area contributed by atoms with Gasteiger partial charge >= 0.3 is 6.09 Å². The van der Waals surface area contributed by atoms with Gasteiger partial charge in [-0.15, -0.1) is 0 Å². The minimum Gasteiger partial charge on any atom is -0.497 e. The normalized spacial score (nSPS) is 11.2. The Bertz CT molecular complexity index is 483. The van der Waals surface area contributed by atoms with Crippen LogP contribution < -0.4 is 9.64 Å². The number of carbonyl (C=O) groups excluding carboxylic acids is 1. The van der Waals surface area contributed by atoms with Crippen LogP contribution in [-0.4, -0.2) is 18.8 Å². The summed E-state index contributed by atoms with van der Waals surface area (Å²) in [5.41, 5.74) is 0.141. The average Bonchev–Trinajstić information content (AvgIpc) is 2.38. The van der Waals surface area contributed by atoms with Crippen molar-refractivity contribution in [2.24, 2.45) is 0 Å². The molecule has 0 unspecified atom stereocenters. The summed E-state index contributed by atoms with van der Waals surface area (Å²) in [6.45, 7) is 9.09. The lowest BCUT2D eigenvalue weighted by Gasteiger charge is -2.25. The van der Waals surface area contributed by atoms with Gasteiger partial charge in [0.15, 0.2) is 0 Å². The highest BCUT2D eigenvalue weighted by atomic mass is 16.6. The molecular formula is C16H21NO3. The van der Waals surface area contributed by atoms with Crippen LogP contribution in [-0.2, 0) is 4.74 Å². The molecule has 20 heavy (non-hydrogen) atoms. The van der Waals surface area contributed by atoms with E-state index in [4.69, 9.17) is 9.47 Å². The number of rotatable bonds is 4. The van der Waals surface area contributed by atoms with Gasteiger partial charge in [0, 0.05) is 6.20 Å². The van der Waals surface area contributed by atoms with Crippen molar-refractivity contribution >= 4 is 11.8 Å². The second-order valence-corrected chi connectivity index (χ2v) is 5.13. The van der Waals surface area contributed by atoms with E-state index in [0.29, 0.717) is 5.69 Å². The summed E-state index contributed by atoms with van der Waals surface area (Å²) in [5.74, 6) is 0.727. The van der Waals surface area contributed by atoms with Crippen molar-refractivity contribution in [1.29, 1.82) is 0 Å². The molecule has 0 N–H and O–H groups in total. The molecule has 0 aliphatic heterocycles. The SMILES string of the molecule is C=C/C=C/N(C(=O)OC(C)(C)C)c1ccc(OC)cc1. The Kier molecular flexibility index (Phi) is 5.38. The van der Waals surface area contributed by atoms with Crippen LogP contribution in [0.1, 0.15) is 20.8 Å². The third kappa shape index (κ3) is 4.80. The van der Waals surface area contributed by atoms with Crippen LogP contribution in [0.25, 0.3) is 0 Å². The molecular weight excluding hydrogens is 254 g/mol. The summed E-state index contributed by atoms with van der Waals surface area (Å²) in [7, 11) is 1.60. The van der Waals surface area contributed by atoms with Crippen molar-refractivity contribution in [1.82, 2.24) is 0 Å². The summed E-state index contributed by atoms with van der Waals surface area (Å²) in [6.07, 6.45) is 4.44. The molecule has 1 aromatic rings. The Labute approximate surface area is 120 Å². The molecule has 108 valence electrons. The molecule has 0 aromatic heterocycles. The van der Waals surface area contributed by atoms with Crippen LogP contribution in [0.3, 0.4) is 0 Å². The highest BCUT2D eigenvalue weighted by Gasteiger charge is 2.21. The first kappa shape index (κ1) is 15.8. The third-order valence-corrected chi connectivity index (χ3v) is 2.31. The van der Waals surface area contributed by atoms with Gasteiger partial charge in [-0.3, -0.25) is 4.90 Å². The molecule has 0 saturated carbocycles. The number of hydrogen-bond acceptors (Lipinski definition) is 3. The number of amides is 1. The van der Waals surface area contributed by atoms with Gasteiger partial charge in [0.25, 0.3) is 0 Å². The van der Waals surface area contributed by atoms with Gasteiger partial charge in [-0.25, -0.2) is 4.79 Å². The maximum Gasteiger partial charge on any atom is 0.418 e. The predicted molar refractivity (Wildman–Crippen MR) is 81.0 cm³/mol. The molecule has 4 nitrogen and oxygen atoms in total. The van der Waals surface area contributed by atoms with Crippen molar-refractivity contribution in [2.75, 3.05) is 12.0 Å². The van der Waals surface area contributed by atoms with Gasteiger partial charge in [0.1, 0.15) is 11.4 Å². The summed E-state index contributed by atoms with van der Waals surface area (Å²) < 4.78 is 10.5. The molecule has 1 amide bonds. The van der Waals surface area contributed by atoms with Gasteiger partial charge in [-0.2, -0.15) is 0 Å². The number of ether oxygens (including phenoxy) is 2. The summed E-state index contributed by atoms with van der Waals surface area (Å²) >= 11 is 0. The van der Waals surface area contributed by atoms with E-state index in [1.807, 2.05) is 20.8 Å². The number of nitrogens with zero attached hydrogens (tertiary/aromatic N) is 1. The van der Waals surface area contributed by atoms with Crippen molar-refractivity contribution in [3.63, 3.8) is 0 Å². The molecule has 4 heteroatoms. The standard InChI is InChI=1S/C16H21NO3/c1-6-7-12-17(15(18)20-16(2,3)4)13-8-10-14(19-5)11-9-13/h6-12H,1H2,2-5H3/b12-7+. The Balaban J connectivity index is 3.01. The maximum atomic E-state index is 12.2. The zero-order valence-corrected chi connectivity index (χ0v) is 12.4. The van der Waals surface area contributed by atoms with E-state index in [1.165, 1.54) is 4.90 Å².